The Morgan fingerprint density at radius 2 is 2.06 bits per heavy atom. The van der Waals surface area contributed by atoms with E-state index in [2.05, 4.69) is 22.6 Å². The highest BCUT2D eigenvalue weighted by atomic mass is 127. The molecule has 0 N–H and O–H groups in total. The van der Waals surface area contributed by atoms with E-state index in [9.17, 15) is 4.79 Å². The Hall–Kier alpha value is -0.600. The molecular formula is C10H14INO4. The lowest BCUT2D eigenvalue weighted by Crippen LogP contribution is -2.22. The average molecular weight is 339 g/mol. The minimum atomic E-state index is -0.383. The fourth-order valence-corrected chi connectivity index (χ4v) is 1.94. The smallest absolute Gasteiger partial charge is 0.354 e. The van der Waals surface area contributed by atoms with Crippen LogP contribution in [0.25, 0.3) is 0 Å². The number of carbonyl (C=O) groups excluding carboxylic acids is 1. The molecule has 0 atom stereocenters. The standard InChI is InChI=1S/C10H14INO4/c1-14-9(15-2)6-12-5-7(11)4-8(12)10(13)16-3/h4-5,9H,6H2,1-3H3. The molecule has 0 spiro atoms. The van der Waals surface area contributed by atoms with Crippen LogP contribution in [-0.4, -0.2) is 38.2 Å². The summed E-state index contributed by atoms with van der Waals surface area (Å²) in [7, 11) is 4.47. The zero-order valence-electron chi connectivity index (χ0n) is 9.40. The Balaban J connectivity index is 2.90. The van der Waals surface area contributed by atoms with Gasteiger partial charge in [0.25, 0.3) is 0 Å². The number of hydrogen-bond donors (Lipinski definition) is 0. The van der Waals surface area contributed by atoms with Crippen molar-refractivity contribution in [1.29, 1.82) is 0 Å². The molecule has 16 heavy (non-hydrogen) atoms. The second-order valence-electron chi connectivity index (χ2n) is 3.09. The molecule has 0 radical (unpaired) electrons. The molecular weight excluding hydrogens is 325 g/mol. The maximum Gasteiger partial charge on any atom is 0.354 e. The summed E-state index contributed by atoms with van der Waals surface area (Å²) in [6, 6.07) is 1.76. The van der Waals surface area contributed by atoms with Crippen molar-refractivity contribution in [2.45, 2.75) is 12.8 Å². The molecule has 6 heteroatoms. The number of ether oxygens (including phenoxy) is 3. The van der Waals surface area contributed by atoms with E-state index in [1.807, 2.05) is 6.20 Å². The first kappa shape index (κ1) is 13.5. The van der Waals surface area contributed by atoms with Crippen molar-refractivity contribution in [2.24, 2.45) is 0 Å². The monoisotopic (exact) mass is 339 g/mol. The van der Waals surface area contributed by atoms with Gasteiger partial charge in [0.1, 0.15) is 5.69 Å². The fourth-order valence-electron chi connectivity index (χ4n) is 1.31. The predicted octanol–water partition coefficient (Wildman–Crippen LogP) is 1.50. The van der Waals surface area contributed by atoms with Gasteiger partial charge in [0.15, 0.2) is 6.29 Å². The first-order chi connectivity index (χ1) is 7.62. The van der Waals surface area contributed by atoms with Crippen LogP contribution in [0.2, 0.25) is 0 Å². The van der Waals surface area contributed by atoms with Gasteiger partial charge in [-0.25, -0.2) is 4.79 Å². The quantitative estimate of drug-likeness (QED) is 0.464. The van der Waals surface area contributed by atoms with Crippen molar-refractivity contribution >= 4 is 28.6 Å². The molecule has 0 fully saturated rings. The molecule has 0 aromatic carbocycles. The van der Waals surface area contributed by atoms with E-state index in [0.29, 0.717) is 12.2 Å². The fraction of sp³-hybridized carbons (Fsp3) is 0.500. The molecule has 0 amide bonds. The van der Waals surface area contributed by atoms with Gasteiger partial charge in [0.2, 0.25) is 0 Å². The largest absolute Gasteiger partial charge is 0.464 e. The van der Waals surface area contributed by atoms with Gasteiger partial charge in [0, 0.05) is 24.0 Å². The van der Waals surface area contributed by atoms with Crippen molar-refractivity contribution in [1.82, 2.24) is 4.57 Å². The SMILES string of the molecule is COC(=O)c1cc(I)cn1CC(OC)OC. The summed E-state index contributed by atoms with van der Waals surface area (Å²) in [5.41, 5.74) is 0.492. The lowest BCUT2D eigenvalue weighted by molar-refractivity contribution is -0.111. The molecule has 90 valence electrons. The highest BCUT2D eigenvalue weighted by Gasteiger charge is 2.16. The highest BCUT2D eigenvalue weighted by Crippen LogP contribution is 2.13. The van der Waals surface area contributed by atoms with Gasteiger partial charge in [-0.3, -0.25) is 0 Å². The molecule has 1 rings (SSSR count). The van der Waals surface area contributed by atoms with Crippen LogP contribution in [0, 0.1) is 3.57 Å². The third kappa shape index (κ3) is 3.19. The number of hydrogen-bond acceptors (Lipinski definition) is 4. The Morgan fingerprint density at radius 3 is 2.56 bits per heavy atom. The number of carbonyl (C=O) groups is 1. The van der Waals surface area contributed by atoms with Crippen LogP contribution in [0.1, 0.15) is 10.5 Å². The Bertz CT molecular complexity index is 360. The number of aromatic nitrogens is 1. The predicted molar refractivity (Wildman–Crippen MR) is 66.3 cm³/mol. The summed E-state index contributed by atoms with van der Waals surface area (Å²) in [4.78, 5) is 11.5. The minimum absolute atomic E-state index is 0.367. The molecule has 0 saturated carbocycles. The molecule has 0 unspecified atom stereocenters. The second-order valence-corrected chi connectivity index (χ2v) is 4.33. The third-order valence-corrected chi connectivity index (χ3v) is 2.72. The number of nitrogens with zero attached hydrogens (tertiary/aromatic N) is 1. The molecule has 0 bridgehead atoms. The lowest BCUT2D eigenvalue weighted by Gasteiger charge is -2.15. The molecule has 1 heterocycles. The number of rotatable bonds is 5. The highest BCUT2D eigenvalue weighted by molar-refractivity contribution is 14.1. The van der Waals surface area contributed by atoms with Crippen LogP contribution in [0.3, 0.4) is 0 Å². The van der Waals surface area contributed by atoms with Crippen LogP contribution >= 0.6 is 22.6 Å². The zero-order chi connectivity index (χ0) is 12.1. The normalized spacial score (nSPS) is 10.8. The van der Waals surface area contributed by atoms with E-state index in [1.54, 1.807) is 24.9 Å². The number of methoxy groups -OCH3 is 3. The van der Waals surface area contributed by atoms with Gasteiger partial charge in [-0.05, 0) is 28.7 Å². The van der Waals surface area contributed by atoms with E-state index < -0.39 is 0 Å². The van der Waals surface area contributed by atoms with Gasteiger partial charge in [0.05, 0.1) is 13.7 Å². The van der Waals surface area contributed by atoms with Gasteiger partial charge in [-0.15, -0.1) is 0 Å². The van der Waals surface area contributed by atoms with Crippen molar-refractivity contribution in [3.63, 3.8) is 0 Å². The van der Waals surface area contributed by atoms with E-state index in [0.717, 1.165) is 3.57 Å². The van der Waals surface area contributed by atoms with Crippen LogP contribution < -0.4 is 0 Å². The van der Waals surface area contributed by atoms with E-state index >= 15 is 0 Å². The summed E-state index contributed by atoms with van der Waals surface area (Å²) in [6.45, 7) is 0.445. The third-order valence-electron chi connectivity index (χ3n) is 2.13. The van der Waals surface area contributed by atoms with Crippen LogP contribution in [0.5, 0.6) is 0 Å². The number of halogens is 1. The van der Waals surface area contributed by atoms with Crippen molar-refractivity contribution < 1.29 is 19.0 Å². The van der Waals surface area contributed by atoms with Gasteiger partial charge < -0.3 is 18.8 Å². The number of esters is 1. The summed E-state index contributed by atoms with van der Waals surface area (Å²) in [5.74, 6) is -0.367. The topological polar surface area (TPSA) is 49.7 Å². The molecule has 1 aromatic heterocycles. The molecule has 0 aliphatic heterocycles. The van der Waals surface area contributed by atoms with Crippen molar-refractivity contribution in [3.8, 4) is 0 Å². The summed E-state index contributed by atoms with van der Waals surface area (Å²) in [6.07, 6.45) is 1.46. The van der Waals surface area contributed by atoms with Crippen LogP contribution in [0.4, 0.5) is 0 Å². The molecule has 1 aromatic rings. The van der Waals surface area contributed by atoms with Gasteiger partial charge in [-0.1, -0.05) is 0 Å². The van der Waals surface area contributed by atoms with Crippen molar-refractivity contribution in [3.05, 3.63) is 21.5 Å². The zero-order valence-corrected chi connectivity index (χ0v) is 11.6. The van der Waals surface area contributed by atoms with Gasteiger partial charge in [-0.2, -0.15) is 0 Å². The summed E-state index contributed by atoms with van der Waals surface area (Å²) < 4.78 is 17.6. The minimum Gasteiger partial charge on any atom is -0.464 e. The first-order valence-electron chi connectivity index (χ1n) is 4.62. The van der Waals surface area contributed by atoms with E-state index in [1.165, 1.54) is 7.11 Å². The lowest BCUT2D eigenvalue weighted by atomic mass is 10.4. The van der Waals surface area contributed by atoms with Crippen molar-refractivity contribution in [2.75, 3.05) is 21.3 Å². The summed E-state index contributed by atoms with van der Waals surface area (Å²) >= 11 is 2.14. The maximum absolute atomic E-state index is 11.5. The van der Waals surface area contributed by atoms with Gasteiger partial charge >= 0.3 is 5.97 Å². The Morgan fingerprint density at radius 1 is 1.44 bits per heavy atom. The Kier molecular flexibility index (Phi) is 5.23. The van der Waals surface area contributed by atoms with E-state index in [-0.39, 0.29) is 12.3 Å². The van der Waals surface area contributed by atoms with Crippen LogP contribution in [0.15, 0.2) is 12.3 Å². The maximum atomic E-state index is 11.5. The molecule has 5 nitrogen and oxygen atoms in total. The van der Waals surface area contributed by atoms with Crippen LogP contribution in [-0.2, 0) is 20.8 Å². The first-order valence-corrected chi connectivity index (χ1v) is 5.69. The molecule has 0 aliphatic rings. The molecule has 0 saturated heterocycles. The summed E-state index contributed by atoms with van der Waals surface area (Å²) in [5, 5.41) is 0. The molecule has 0 aliphatic carbocycles. The second kappa shape index (κ2) is 6.21. The van der Waals surface area contributed by atoms with E-state index in [4.69, 9.17) is 14.2 Å². The Labute approximate surface area is 108 Å². The average Bonchev–Trinajstić information content (AvgIpc) is 2.66.